The van der Waals surface area contributed by atoms with Crippen molar-refractivity contribution in [3.05, 3.63) is 48.5 Å². The number of amides is 1. The van der Waals surface area contributed by atoms with Gasteiger partial charge in [-0.15, -0.1) is 0 Å². The van der Waals surface area contributed by atoms with Crippen molar-refractivity contribution < 1.29 is 19.4 Å². The van der Waals surface area contributed by atoms with Crippen molar-refractivity contribution in [2.75, 3.05) is 11.9 Å². The van der Waals surface area contributed by atoms with Gasteiger partial charge in [-0.2, -0.15) is 0 Å². The van der Waals surface area contributed by atoms with E-state index < -0.39 is 11.9 Å². The molecule has 0 radical (unpaired) electrons. The zero-order valence-corrected chi connectivity index (χ0v) is 12.7. The maximum Gasteiger partial charge on any atom is 0.397 e. The number of anilines is 1. The average molecular weight is 317 g/mol. The molecule has 0 heterocycles. The zero-order valence-electron chi connectivity index (χ0n) is 11.9. The molecule has 5 nitrogen and oxygen atoms in total. The molecule has 0 aliphatic rings. The number of phenols is 1. The number of rotatable bonds is 4. The molecule has 2 N–H and O–H groups in total. The highest BCUT2D eigenvalue weighted by atomic mass is 32.2. The first-order valence-electron chi connectivity index (χ1n) is 6.63. The monoisotopic (exact) mass is 317 g/mol. The van der Waals surface area contributed by atoms with Crippen molar-refractivity contribution in [1.29, 1.82) is 0 Å². The number of hydrogen-bond acceptors (Lipinski definition) is 5. The number of hydrogen-bond donors (Lipinski definition) is 2. The highest BCUT2D eigenvalue weighted by molar-refractivity contribution is 7.99. The Morgan fingerprint density at radius 2 is 1.59 bits per heavy atom. The van der Waals surface area contributed by atoms with Crippen LogP contribution < -0.4 is 5.32 Å². The van der Waals surface area contributed by atoms with Crippen molar-refractivity contribution in [3.8, 4) is 5.75 Å². The molecule has 2 rings (SSSR count). The number of nitrogens with one attached hydrogen (secondary N) is 1. The summed E-state index contributed by atoms with van der Waals surface area (Å²) in [6.07, 6.45) is 0. The molecule has 6 heteroatoms. The number of ether oxygens (including phenoxy) is 1. The van der Waals surface area contributed by atoms with E-state index in [9.17, 15) is 14.7 Å². The number of phenolic OH excluding ortho intramolecular Hbond substituents is 1. The van der Waals surface area contributed by atoms with Gasteiger partial charge in [-0.05, 0) is 55.5 Å². The summed E-state index contributed by atoms with van der Waals surface area (Å²) >= 11 is 1.52. The molecular formula is C16H15NO4S. The number of carbonyl (C=O) groups excluding carboxylic acids is 2. The van der Waals surface area contributed by atoms with Gasteiger partial charge in [-0.25, -0.2) is 4.79 Å². The Balaban J connectivity index is 1.96. The lowest BCUT2D eigenvalue weighted by Gasteiger charge is -2.06. The van der Waals surface area contributed by atoms with Crippen LogP contribution in [-0.2, 0) is 14.3 Å². The van der Waals surface area contributed by atoms with Crippen molar-refractivity contribution in [2.24, 2.45) is 0 Å². The van der Waals surface area contributed by atoms with E-state index in [1.54, 1.807) is 31.2 Å². The molecule has 0 aliphatic carbocycles. The van der Waals surface area contributed by atoms with Gasteiger partial charge in [-0.3, -0.25) is 4.79 Å². The van der Waals surface area contributed by atoms with E-state index in [4.69, 9.17) is 0 Å². The second-order valence-electron chi connectivity index (χ2n) is 4.29. The molecule has 0 aliphatic heterocycles. The van der Waals surface area contributed by atoms with E-state index in [0.29, 0.717) is 5.69 Å². The molecule has 0 spiro atoms. The first-order valence-corrected chi connectivity index (χ1v) is 7.45. The van der Waals surface area contributed by atoms with Gasteiger partial charge in [0.05, 0.1) is 6.61 Å². The SMILES string of the molecule is CCOC(=O)C(=O)Nc1ccc(Sc2ccc(O)cc2)cc1. The van der Waals surface area contributed by atoms with Crippen LogP contribution in [0.15, 0.2) is 58.3 Å². The van der Waals surface area contributed by atoms with E-state index in [0.717, 1.165) is 9.79 Å². The topological polar surface area (TPSA) is 75.6 Å². The number of esters is 1. The lowest BCUT2D eigenvalue weighted by molar-refractivity contribution is -0.152. The van der Waals surface area contributed by atoms with Crippen LogP contribution in [0.5, 0.6) is 5.75 Å². The van der Waals surface area contributed by atoms with E-state index in [-0.39, 0.29) is 12.4 Å². The number of aromatic hydroxyl groups is 1. The van der Waals surface area contributed by atoms with Crippen LogP contribution in [0.25, 0.3) is 0 Å². The summed E-state index contributed by atoms with van der Waals surface area (Å²) in [5.41, 5.74) is 0.521. The first-order chi connectivity index (χ1) is 10.6. The van der Waals surface area contributed by atoms with Crippen LogP contribution in [0.1, 0.15) is 6.92 Å². The van der Waals surface area contributed by atoms with E-state index in [1.807, 2.05) is 24.3 Å². The third-order valence-electron chi connectivity index (χ3n) is 2.65. The Bertz CT molecular complexity index is 653. The molecule has 0 aromatic heterocycles. The summed E-state index contributed by atoms with van der Waals surface area (Å²) < 4.78 is 4.61. The minimum absolute atomic E-state index is 0.161. The smallest absolute Gasteiger partial charge is 0.397 e. The van der Waals surface area contributed by atoms with Crippen LogP contribution in [0.4, 0.5) is 5.69 Å². The normalized spacial score (nSPS) is 10.0. The molecule has 2 aromatic carbocycles. The Labute approximate surface area is 132 Å². The molecule has 1 amide bonds. The molecule has 0 bridgehead atoms. The summed E-state index contributed by atoms with van der Waals surface area (Å²) in [5, 5.41) is 11.7. The van der Waals surface area contributed by atoms with Gasteiger partial charge >= 0.3 is 11.9 Å². The van der Waals surface area contributed by atoms with Crippen molar-refractivity contribution >= 4 is 29.3 Å². The maximum absolute atomic E-state index is 11.5. The highest BCUT2D eigenvalue weighted by Gasteiger charge is 2.14. The van der Waals surface area contributed by atoms with Gasteiger partial charge in [0.15, 0.2) is 0 Å². The number of benzene rings is 2. The summed E-state index contributed by atoms with van der Waals surface area (Å²) in [7, 11) is 0. The Morgan fingerprint density at radius 3 is 2.14 bits per heavy atom. The van der Waals surface area contributed by atoms with Crippen LogP contribution in [0.3, 0.4) is 0 Å². The predicted molar refractivity (Wildman–Crippen MR) is 83.9 cm³/mol. The van der Waals surface area contributed by atoms with Crippen molar-refractivity contribution in [3.63, 3.8) is 0 Å². The highest BCUT2D eigenvalue weighted by Crippen LogP contribution is 2.29. The molecule has 22 heavy (non-hydrogen) atoms. The second-order valence-corrected chi connectivity index (χ2v) is 5.44. The van der Waals surface area contributed by atoms with Gasteiger partial charge in [0.25, 0.3) is 0 Å². The Hall–Kier alpha value is -2.47. The molecule has 0 fully saturated rings. The van der Waals surface area contributed by atoms with Crippen molar-refractivity contribution in [2.45, 2.75) is 16.7 Å². The lowest BCUT2D eigenvalue weighted by Crippen LogP contribution is -2.24. The molecule has 114 valence electrons. The fraction of sp³-hybridized carbons (Fsp3) is 0.125. The Morgan fingerprint density at radius 1 is 1.05 bits per heavy atom. The molecule has 2 aromatic rings. The lowest BCUT2D eigenvalue weighted by atomic mass is 10.3. The standard InChI is InChI=1S/C16H15NO4S/c1-2-21-16(20)15(19)17-11-3-7-13(8-4-11)22-14-9-5-12(18)6-10-14/h3-10,18H,2H2,1H3,(H,17,19). The fourth-order valence-corrected chi connectivity index (χ4v) is 2.45. The van der Waals surface area contributed by atoms with Crippen molar-refractivity contribution in [1.82, 2.24) is 0 Å². The summed E-state index contributed by atoms with van der Waals surface area (Å²) in [4.78, 5) is 24.7. The van der Waals surface area contributed by atoms with Gasteiger partial charge in [0.2, 0.25) is 0 Å². The third-order valence-corrected chi connectivity index (χ3v) is 3.66. The van der Waals surface area contributed by atoms with Gasteiger partial charge in [-0.1, -0.05) is 11.8 Å². The van der Waals surface area contributed by atoms with Gasteiger partial charge in [0.1, 0.15) is 5.75 Å². The summed E-state index contributed by atoms with van der Waals surface area (Å²) in [5.74, 6) is -1.47. The van der Waals surface area contributed by atoms with Gasteiger partial charge < -0.3 is 15.2 Å². The Kier molecular flexibility index (Phi) is 5.43. The minimum Gasteiger partial charge on any atom is -0.508 e. The summed E-state index contributed by atoms with van der Waals surface area (Å²) in [6, 6.07) is 14.0. The maximum atomic E-state index is 11.5. The average Bonchev–Trinajstić information content (AvgIpc) is 2.51. The second kappa shape index (κ2) is 7.51. The largest absolute Gasteiger partial charge is 0.508 e. The fourth-order valence-electron chi connectivity index (χ4n) is 1.64. The van der Waals surface area contributed by atoms with Crippen LogP contribution >= 0.6 is 11.8 Å². The van der Waals surface area contributed by atoms with Crippen LogP contribution in [0.2, 0.25) is 0 Å². The molecular weight excluding hydrogens is 302 g/mol. The molecule has 0 saturated carbocycles. The number of carbonyl (C=O) groups is 2. The molecule has 0 atom stereocenters. The molecule has 0 saturated heterocycles. The first kappa shape index (κ1) is 15.9. The summed E-state index contributed by atoms with van der Waals surface area (Å²) in [6.45, 7) is 1.80. The van der Waals surface area contributed by atoms with Gasteiger partial charge in [0, 0.05) is 15.5 Å². The predicted octanol–water partition coefficient (Wildman–Crippen LogP) is 3.05. The van der Waals surface area contributed by atoms with Crippen LogP contribution in [0, 0.1) is 0 Å². The van der Waals surface area contributed by atoms with Crippen LogP contribution in [-0.4, -0.2) is 23.6 Å². The van der Waals surface area contributed by atoms with E-state index in [2.05, 4.69) is 10.1 Å². The minimum atomic E-state index is -0.898. The quantitative estimate of drug-likeness (QED) is 0.669. The van der Waals surface area contributed by atoms with E-state index >= 15 is 0 Å². The third kappa shape index (κ3) is 4.53. The zero-order chi connectivity index (χ0) is 15.9. The molecule has 0 unspecified atom stereocenters. The van der Waals surface area contributed by atoms with E-state index in [1.165, 1.54) is 11.8 Å².